The summed E-state index contributed by atoms with van der Waals surface area (Å²) in [6.45, 7) is 0. The quantitative estimate of drug-likeness (QED) is 0.487. The van der Waals surface area contributed by atoms with Crippen molar-refractivity contribution in [3.63, 3.8) is 0 Å². The molecule has 0 radical (unpaired) electrons. The highest BCUT2D eigenvalue weighted by Gasteiger charge is 2.17. The molecule has 0 saturated heterocycles. The van der Waals surface area contributed by atoms with E-state index in [1.165, 1.54) is 37.6 Å². The van der Waals surface area contributed by atoms with Crippen LogP contribution in [-0.4, -0.2) is 26.4 Å². The van der Waals surface area contributed by atoms with Crippen molar-refractivity contribution in [1.29, 1.82) is 0 Å². The first-order valence-corrected chi connectivity index (χ1v) is 10.4. The van der Waals surface area contributed by atoms with Gasteiger partial charge in [0.2, 0.25) is 0 Å². The van der Waals surface area contributed by atoms with Crippen molar-refractivity contribution in [3.05, 3.63) is 78.8 Å². The minimum absolute atomic E-state index is 0.0535. The number of furan rings is 1. The number of sulfonamides is 1. The average molecular weight is 423 g/mol. The summed E-state index contributed by atoms with van der Waals surface area (Å²) < 4.78 is 38.2. The number of carbonyl (C=O) groups excluding carboxylic acids is 1. The fourth-order valence-corrected chi connectivity index (χ4v) is 3.90. The Balaban J connectivity index is 1.50. The highest BCUT2D eigenvalue weighted by atomic mass is 32.2. The number of nitrogens with one attached hydrogen (secondary N) is 2. The van der Waals surface area contributed by atoms with Crippen LogP contribution in [0.3, 0.4) is 0 Å². The molecule has 4 aromatic rings. The Labute approximate surface area is 172 Å². The SMILES string of the molecule is COc1cccc2cc(C(=O)Nc3ccc(S(=O)(=O)Nc4cccnc4)cc3)oc12. The number of pyridine rings is 1. The molecule has 0 fully saturated rings. The zero-order valence-corrected chi connectivity index (χ0v) is 16.6. The number of amides is 1. The molecule has 0 bridgehead atoms. The van der Waals surface area contributed by atoms with Gasteiger partial charge >= 0.3 is 0 Å². The molecule has 152 valence electrons. The number of methoxy groups -OCH3 is 1. The molecule has 0 atom stereocenters. The van der Waals surface area contributed by atoms with Gasteiger partial charge in [-0.05, 0) is 48.5 Å². The molecule has 4 rings (SSSR count). The van der Waals surface area contributed by atoms with Crippen LogP contribution in [0.2, 0.25) is 0 Å². The molecule has 9 heteroatoms. The number of anilines is 2. The summed E-state index contributed by atoms with van der Waals surface area (Å²) in [7, 11) is -2.25. The minimum atomic E-state index is -3.77. The number of fused-ring (bicyclic) bond motifs is 1. The molecular weight excluding hydrogens is 406 g/mol. The maximum atomic E-state index is 12.5. The van der Waals surface area contributed by atoms with E-state index in [-0.39, 0.29) is 10.7 Å². The van der Waals surface area contributed by atoms with Gasteiger partial charge in [-0.3, -0.25) is 14.5 Å². The van der Waals surface area contributed by atoms with Gasteiger partial charge in [-0.15, -0.1) is 0 Å². The van der Waals surface area contributed by atoms with Crippen LogP contribution in [0.5, 0.6) is 5.75 Å². The van der Waals surface area contributed by atoms with Gasteiger partial charge in [-0.2, -0.15) is 0 Å². The molecule has 2 N–H and O–H groups in total. The summed E-state index contributed by atoms with van der Waals surface area (Å²) in [6, 6.07) is 16.0. The fraction of sp³-hybridized carbons (Fsp3) is 0.0476. The molecule has 0 saturated carbocycles. The Morgan fingerprint density at radius 1 is 1.03 bits per heavy atom. The second-order valence-electron chi connectivity index (χ2n) is 6.31. The topological polar surface area (TPSA) is 111 Å². The molecule has 0 spiro atoms. The van der Waals surface area contributed by atoms with Crippen LogP contribution in [0, 0.1) is 0 Å². The fourth-order valence-electron chi connectivity index (χ4n) is 2.86. The molecular formula is C21H17N3O5S. The van der Waals surface area contributed by atoms with Crippen LogP contribution < -0.4 is 14.8 Å². The number of benzene rings is 2. The van der Waals surface area contributed by atoms with Gasteiger partial charge in [0.05, 0.1) is 23.9 Å². The van der Waals surface area contributed by atoms with E-state index in [1.54, 1.807) is 36.5 Å². The number of ether oxygens (including phenoxy) is 1. The summed E-state index contributed by atoms with van der Waals surface area (Å²) in [5, 5.41) is 3.42. The largest absolute Gasteiger partial charge is 0.493 e. The van der Waals surface area contributed by atoms with E-state index in [0.29, 0.717) is 22.7 Å². The first kappa shape index (κ1) is 19.5. The number of para-hydroxylation sites is 1. The van der Waals surface area contributed by atoms with Crippen molar-refractivity contribution < 1.29 is 22.4 Å². The first-order chi connectivity index (χ1) is 14.5. The lowest BCUT2D eigenvalue weighted by molar-refractivity contribution is 0.0998. The Hall–Kier alpha value is -3.85. The Bertz CT molecular complexity index is 1300. The van der Waals surface area contributed by atoms with Crippen molar-refractivity contribution in [2.24, 2.45) is 0 Å². The predicted octanol–water partition coefficient (Wildman–Crippen LogP) is 3.89. The van der Waals surface area contributed by atoms with Crippen LogP contribution in [0.1, 0.15) is 10.6 Å². The van der Waals surface area contributed by atoms with E-state index >= 15 is 0 Å². The summed E-state index contributed by atoms with van der Waals surface area (Å²) in [6.07, 6.45) is 2.96. The number of aromatic nitrogens is 1. The second kappa shape index (κ2) is 7.88. The molecule has 0 aliphatic carbocycles. The third-order valence-electron chi connectivity index (χ3n) is 4.29. The summed E-state index contributed by atoms with van der Waals surface area (Å²) in [4.78, 5) is 16.5. The van der Waals surface area contributed by atoms with Gasteiger partial charge in [0.15, 0.2) is 17.1 Å². The Morgan fingerprint density at radius 3 is 2.53 bits per heavy atom. The van der Waals surface area contributed by atoms with Crippen molar-refractivity contribution >= 4 is 38.3 Å². The van der Waals surface area contributed by atoms with E-state index in [4.69, 9.17) is 9.15 Å². The lowest BCUT2D eigenvalue weighted by atomic mass is 10.2. The molecule has 30 heavy (non-hydrogen) atoms. The van der Waals surface area contributed by atoms with E-state index in [9.17, 15) is 13.2 Å². The summed E-state index contributed by atoms with van der Waals surface area (Å²) in [5.41, 5.74) is 1.26. The second-order valence-corrected chi connectivity index (χ2v) is 8.00. The molecule has 2 aromatic heterocycles. The predicted molar refractivity (Wildman–Crippen MR) is 112 cm³/mol. The first-order valence-electron chi connectivity index (χ1n) is 8.87. The third-order valence-corrected chi connectivity index (χ3v) is 5.69. The van der Waals surface area contributed by atoms with E-state index < -0.39 is 15.9 Å². The molecule has 0 aliphatic rings. The van der Waals surface area contributed by atoms with Crippen LogP contribution in [-0.2, 0) is 10.0 Å². The standard InChI is InChI=1S/C21H17N3O5S/c1-28-18-6-2-4-14-12-19(29-20(14)18)21(25)23-15-7-9-17(10-8-15)30(26,27)24-16-5-3-11-22-13-16/h2-13,24H,1H3,(H,23,25). The summed E-state index contributed by atoms with van der Waals surface area (Å²) >= 11 is 0. The van der Waals surface area contributed by atoms with Gasteiger partial charge in [-0.1, -0.05) is 12.1 Å². The number of carbonyl (C=O) groups is 1. The van der Waals surface area contributed by atoms with Gasteiger partial charge in [0.1, 0.15) is 0 Å². The maximum absolute atomic E-state index is 12.5. The van der Waals surface area contributed by atoms with Crippen molar-refractivity contribution in [2.75, 3.05) is 17.1 Å². The number of hydrogen-bond acceptors (Lipinski definition) is 6. The van der Waals surface area contributed by atoms with Crippen LogP contribution >= 0.6 is 0 Å². The molecule has 2 aromatic carbocycles. The van der Waals surface area contributed by atoms with Gasteiger partial charge in [0.25, 0.3) is 15.9 Å². The molecule has 0 unspecified atom stereocenters. The van der Waals surface area contributed by atoms with Gasteiger partial charge in [0, 0.05) is 17.3 Å². The normalized spacial score (nSPS) is 11.2. The van der Waals surface area contributed by atoms with Crippen molar-refractivity contribution in [2.45, 2.75) is 4.90 Å². The van der Waals surface area contributed by atoms with Crippen molar-refractivity contribution in [1.82, 2.24) is 4.98 Å². The molecule has 2 heterocycles. The number of rotatable bonds is 6. The highest BCUT2D eigenvalue weighted by Crippen LogP contribution is 2.29. The number of hydrogen-bond donors (Lipinski definition) is 2. The molecule has 8 nitrogen and oxygen atoms in total. The van der Waals surface area contributed by atoms with Gasteiger partial charge in [-0.25, -0.2) is 8.42 Å². The Kier molecular flexibility index (Phi) is 5.11. The Morgan fingerprint density at radius 2 is 1.83 bits per heavy atom. The summed E-state index contributed by atoms with van der Waals surface area (Å²) in [5.74, 6) is 0.184. The molecule has 1 amide bonds. The highest BCUT2D eigenvalue weighted by molar-refractivity contribution is 7.92. The number of nitrogens with zero attached hydrogens (tertiary/aromatic N) is 1. The average Bonchev–Trinajstić information content (AvgIpc) is 3.19. The maximum Gasteiger partial charge on any atom is 0.291 e. The van der Waals surface area contributed by atoms with Crippen LogP contribution in [0.4, 0.5) is 11.4 Å². The monoisotopic (exact) mass is 423 g/mol. The smallest absolute Gasteiger partial charge is 0.291 e. The van der Waals surface area contributed by atoms with Crippen molar-refractivity contribution in [3.8, 4) is 5.75 Å². The lowest BCUT2D eigenvalue weighted by Gasteiger charge is -2.08. The third kappa shape index (κ3) is 3.96. The van der Waals surface area contributed by atoms with Crippen LogP contribution in [0.15, 0.2) is 82.4 Å². The minimum Gasteiger partial charge on any atom is -0.493 e. The molecule has 0 aliphatic heterocycles. The van der Waals surface area contributed by atoms with Crippen LogP contribution in [0.25, 0.3) is 11.0 Å². The zero-order valence-electron chi connectivity index (χ0n) is 15.8. The van der Waals surface area contributed by atoms with E-state index in [0.717, 1.165) is 5.39 Å². The van der Waals surface area contributed by atoms with E-state index in [2.05, 4.69) is 15.0 Å². The van der Waals surface area contributed by atoms with Gasteiger partial charge < -0.3 is 14.5 Å². The van der Waals surface area contributed by atoms with E-state index in [1.807, 2.05) is 6.07 Å². The zero-order chi connectivity index (χ0) is 21.1. The lowest BCUT2D eigenvalue weighted by Crippen LogP contribution is -2.14.